The molecule has 0 radical (unpaired) electrons. The van der Waals surface area contributed by atoms with Crippen molar-refractivity contribution in [1.29, 1.82) is 0 Å². The molecular weight excluding hydrogens is 362 g/mol. The van der Waals surface area contributed by atoms with Gasteiger partial charge in [-0.15, -0.1) is 0 Å². The van der Waals surface area contributed by atoms with Gasteiger partial charge in [0.1, 0.15) is 7.05 Å². The zero-order valence-electron chi connectivity index (χ0n) is 18.5. The van der Waals surface area contributed by atoms with E-state index in [1.807, 2.05) is 0 Å². The number of rotatable bonds is 1. The molecule has 0 fully saturated rings. The quantitative estimate of drug-likeness (QED) is 0.210. The predicted octanol–water partition coefficient (Wildman–Crippen LogP) is 7.24. The summed E-state index contributed by atoms with van der Waals surface area (Å²) in [5.41, 5.74) is 5.39. The third-order valence-corrected chi connectivity index (χ3v) is 6.35. The first-order valence-corrected chi connectivity index (χ1v) is 10.7. The van der Waals surface area contributed by atoms with Crippen molar-refractivity contribution in [1.82, 2.24) is 0 Å². The van der Waals surface area contributed by atoms with E-state index in [0.717, 1.165) is 0 Å². The first-order chi connectivity index (χ1) is 14.3. The lowest BCUT2D eigenvalue weighted by Crippen LogP contribution is -2.30. The van der Waals surface area contributed by atoms with Crippen molar-refractivity contribution in [3.63, 3.8) is 0 Å². The molecule has 0 saturated heterocycles. The normalized spacial score (nSPS) is 12.2. The molecule has 1 aromatic heterocycles. The molecule has 4 aromatic carbocycles. The highest BCUT2D eigenvalue weighted by Gasteiger charge is 2.23. The fourth-order valence-corrected chi connectivity index (χ4v) is 4.71. The monoisotopic (exact) mass is 390 g/mol. The van der Waals surface area contributed by atoms with Crippen molar-refractivity contribution in [2.24, 2.45) is 7.05 Å². The van der Waals surface area contributed by atoms with Gasteiger partial charge in [0.25, 0.3) is 0 Å². The number of hydrogen-bond donors (Lipinski definition) is 0. The number of aromatic nitrogens is 1. The standard InChI is InChI=1S/C29H28N/c1-19-24-12-8-9-13-25(24)27(29(2,3)4)17-26(19)28-16-22-14-20-10-6-7-11-21(20)15-23(22)18-30(28)5/h6-18H,1-5H3/q+1. The highest BCUT2D eigenvalue weighted by molar-refractivity contribution is 5.99. The zero-order valence-corrected chi connectivity index (χ0v) is 18.5. The van der Waals surface area contributed by atoms with Crippen molar-refractivity contribution in [3.05, 3.63) is 90.1 Å². The summed E-state index contributed by atoms with van der Waals surface area (Å²) in [5, 5.41) is 7.84. The second-order valence-electron chi connectivity index (χ2n) is 9.49. The van der Waals surface area contributed by atoms with Gasteiger partial charge in [0.2, 0.25) is 5.69 Å². The van der Waals surface area contributed by atoms with Crippen molar-refractivity contribution in [2.75, 3.05) is 0 Å². The van der Waals surface area contributed by atoms with Gasteiger partial charge in [-0.2, -0.15) is 0 Å². The van der Waals surface area contributed by atoms with Gasteiger partial charge in [0, 0.05) is 17.0 Å². The molecule has 0 unspecified atom stereocenters. The average Bonchev–Trinajstić information content (AvgIpc) is 2.72. The molecule has 0 atom stereocenters. The Morgan fingerprint density at radius 3 is 1.93 bits per heavy atom. The third-order valence-electron chi connectivity index (χ3n) is 6.35. The van der Waals surface area contributed by atoms with Crippen LogP contribution in [0.1, 0.15) is 31.9 Å². The summed E-state index contributed by atoms with van der Waals surface area (Å²) in [5.74, 6) is 0. The van der Waals surface area contributed by atoms with Gasteiger partial charge in [-0.05, 0) is 68.6 Å². The van der Waals surface area contributed by atoms with E-state index in [0.29, 0.717) is 0 Å². The van der Waals surface area contributed by atoms with E-state index in [9.17, 15) is 0 Å². The number of aryl methyl sites for hydroxylation is 2. The van der Waals surface area contributed by atoms with E-state index < -0.39 is 0 Å². The van der Waals surface area contributed by atoms with Crippen LogP contribution in [-0.4, -0.2) is 0 Å². The molecule has 0 aliphatic rings. The maximum atomic E-state index is 2.42. The van der Waals surface area contributed by atoms with E-state index in [-0.39, 0.29) is 5.41 Å². The molecule has 1 heteroatoms. The fraction of sp³-hybridized carbons (Fsp3) is 0.207. The Hall–Kier alpha value is -3.19. The van der Waals surface area contributed by atoms with Crippen LogP contribution in [0.3, 0.4) is 0 Å². The summed E-state index contributed by atoms with van der Waals surface area (Å²) in [6.07, 6.45) is 2.27. The Balaban J connectivity index is 1.84. The molecule has 0 N–H and O–H groups in total. The van der Waals surface area contributed by atoms with Gasteiger partial charge in [-0.25, -0.2) is 4.57 Å². The van der Waals surface area contributed by atoms with Crippen LogP contribution in [0.15, 0.2) is 79.0 Å². The Bertz CT molecular complexity index is 1430. The minimum atomic E-state index is 0.0771. The van der Waals surface area contributed by atoms with E-state index in [4.69, 9.17) is 0 Å². The second-order valence-corrected chi connectivity index (χ2v) is 9.49. The van der Waals surface area contributed by atoms with Gasteiger partial charge in [0.15, 0.2) is 6.20 Å². The van der Waals surface area contributed by atoms with Crippen molar-refractivity contribution >= 4 is 32.3 Å². The first-order valence-electron chi connectivity index (χ1n) is 10.7. The van der Waals surface area contributed by atoms with Crippen molar-refractivity contribution in [3.8, 4) is 11.3 Å². The summed E-state index contributed by atoms with van der Waals surface area (Å²) < 4.78 is 2.28. The second kappa shape index (κ2) is 6.67. The van der Waals surface area contributed by atoms with Crippen LogP contribution < -0.4 is 4.57 Å². The summed E-state index contributed by atoms with van der Waals surface area (Å²) in [7, 11) is 2.16. The molecule has 0 bridgehead atoms. The Kier molecular flexibility index (Phi) is 4.18. The molecule has 5 aromatic rings. The summed E-state index contributed by atoms with van der Waals surface area (Å²) >= 11 is 0. The molecule has 0 aliphatic heterocycles. The zero-order chi connectivity index (χ0) is 21.0. The maximum Gasteiger partial charge on any atom is 0.213 e. The molecule has 1 nitrogen and oxygen atoms in total. The lowest BCUT2D eigenvalue weighted by Gasteiger charge is -2.24. The molecule has 0 aliphatic carbocycles. The Labute approximate surface area is 178 Å². The van der Waals surface area contributed by atoms with E-state index >= 15 is 0 Å². The Morgan fingerprint density at radius 2 is 1.27 bits per heavy atom. The molecule has 1 heterocycles. The maximum absolute atomic E-state index is 2.42. The number of nitrogens with zero attached hydrogens (tertiary/aromatic N) is 1. The predicted molar refractivity (Wildman–Crippen MR) is 129 cm³/mol. The number of benzene rings is 4. The molecule has 30 heavy (non-hydrogen) atoms. The smallest absolute Gasteiger partial charge is 0.200 e. The lowest BCUT2D eigenvalue weighted by molar-refractivity contribution is -0.659. The highest BCUT2D eigenvalue weighted by Crippen LogP contribution is 2.37. The first kappa shape index (κ1) is 18.8. The summed E-state index contributed by atoms with van der Waals surface area (Å²) in [6.45, 7) is 9.18. The van der Waals surface area contributed by atoms with Crippen LogP contribution >= 0.6 is 0 Å². The van der Waals surface area contributed by atoms with Crippen LogP contribution in [0.4, 0.5) is 0 Å². The van der Waals surface area contributed by atoms with Gasteiger partial charge in [-0.3, -0.25) is 0 Å². The van der Waals surface area contributed by atoms with Gasteiger partial charge >= 0.3 is 0 Å². The van der Waals surface area contributed by atoms with Gasteiger partial charge in [0.05, 0.1) is 0 Å². The van der Waals surface area contributed by atoms with Crippen molar-refractivity contribution in [2.45, 2.75) is 33.1 Å². The van der Waals surface area contributed by atoms with Crippen LogP contribution in [0.2, 0.25) is 0 Å². The topological polar surface area (TPSA) is 3.88 Å². The van der Waals surface area contributed by atoms with Gasteiger partial charge in [-0.1, -0.05) is 69.3 Å². The van der Waals surface area contributed by atoms with Crippen LogP contribution in [0, 0.1) is 6.92 Å². The minimum Gasteiger partial charge on any atom is -0.200 e. The number of pyridine rings is 1. The van der Waals surface area contributed by atoms with Crippen LogP contribution in [0.25, 0.3) is 43.6 Å². The highest BCUT2D eigenvalue weighted by atomic mass is 14.9. The van der Waals surface area contributed by atoms with Gasteiger partial charge < -0.3 is 0 Å². The molecule has 148 valence electrons. The van der Waals surface area contributed by atoms with Crippen molar-refractivity contribution < 1.29 is 4.57 Å². The Morgan fingerprint density at radius 1 is 0.667 bits per heavy atom. The van der Waals surface area contributed by atoms with E-state index in [1.165, 1.54) is 54.7 Å². The average molecular weight is 391 g/mol. The molecule has 0 saturated carbocycles. The third kappa shape index (κ3) is 2.97. The van der Waals surface area contributed by atoms with Crippen LogP contribution in [0.5, 0.6) is 0 Å². The molecule has 0 spiro atoms. The van der Waals surface area contributed by atoms with Crippen LogP contribution in [-0.2, 0) is 12.5 Å². The summed E-state index contributed by atoms with van der Waals surface area (Å²) in [6, 6.07) is 26.8. The lowest BCUT2D eigenvalue weighted by atomic mass is 9.80. The van der Waals surface area contributed by atoms with E-state index in [2.05, 4.69) is 118 Å². The number of hydrogen-bond acceptors (Lipinski definition) is 0. The molecule has 0 amide bonds. The largest absolute Gasteiger partial charge is 0.213 e. The molecular formula is C29H28N+. The fourth-order valence-electron chi connectivity index (χ4n) is 4.71. The number of fused-ring (bicyclic) bond motifs is 3. The van der Waals surface area contributed by atoms with E-state index in [1.54, 1.807) is 0 Å². The summed E-state index contributed by atoms with van der Waals surface area (Å²) in [4.78, 5) is 0. The minimum absolute atomic E-state index is 0.0771. The molecule has 5 rings (SSSR count). The SMILES string of the molecule is Cc1c(-c2cc3cc4ccccc4cc3c[n+]2C)cc(C(C)(C)C)c2ccccc12.